The molecule has 9 nitrogen and oxygen atoms in total. The molecule has 2 fully saturated rings. The molecule has 0 radical (unpaired) electrons. The predicted molar refractivity (Wildman–Crippen MR) is 159 cm³/mol. The molecule has 41 heavy (non-hydrogen) atoms. The molecule has 3 heterocycles. The van der Waals surface area contributed by atoms with Crippen molar-refractivity contribution in [2.75, 3.05) is 18.4 Å². The molecule has 2 amide bonds. The van der Waals surface area contributed by atoms with Crippen LogP contribution in [0.2, 0.25) is 0 Å². The summed E-state index contributed by atoms with van der Waals surface area (Å²) in [6.45, 7) is 8.52. The second kappa shape index (κ2) is 11.8. The number of carbonyl (C=O) groups is 2. The molecule has 0 bridgehead atoms. The van der Waals surface area contributed by atoms with Crippen LogP contribution < -0.4 is 10.6 Å². The van der Waals surface area contributed by atoms with E-state index in [0.29, 0.717) is 13.0 Å². The SMILES string of the molecule is C=C(NC(Cc1cc(C)c2[nH]ncc2c1)C(=O)OC1CCCCC1)N1CCC(N2Cc3ccccc3NC2=O)CC1. The maximum Gasteiger partial charge on any atom is 0.329 e. The van der Waals surface area contributed by atoms with E-state index in [9.17, 15) is 9.59 Å². The van der Waals surface area contributed by atoms with Crippen molar-refractivity contribution in [3.8, 4) is 0 Å². The van der Waals surface area contributed by atoms with Gasteiger partial charge in [0.2, 0.25) is 0 Å². The number of rotatable bonds is 8. The first-order valence-electron chi connectivity index (χ1n) is 14.9. The number of anilines is 1. The molecule has 1 saturated heterocycles. The van der Waals surface area contributed by atoms with Gasteiger partial charge in [0, 0.05) is 43.2 Å². The summed E-state index contributed by atoms with van der Waals surface area (Å²) in [6, 6.07) is 11.8. The van der Waals surface area contributed by atoms with Crippen molar-refractivity contribution in [1.82, 2.24) is 25.3 Å². The van der Waals surface area contributed by atoms with Gasteiger partial charge in [0.1, 0.15) is 12.1 Å². The number of benzene rings is 2. The van der Waals surface area contributed by atoms with Crippen LogP contribution in [0.25, 0.3) is 10.9 Å². The minimum absolute atomic E-state index is 0.0107. The third-order valence-electron chi connectivity index (χ3n) is 8.85. The second-order valence-electron chi connectivity index (χ2n) is 11.7. The van der Waals surface area contributed by atoms with E-state index < -0.39 is 6.04 Å². The largest absolute Gasteiger partial charge is 0.461 e. The number of aromatic amines is 1. The minimum Gasteiger partial charge on any atom is -0.461 e. The first kappa shape index (κ1) is 27.2. The molecule has 3 aromatic rings. The van der Waals surface area contributed by atoms with Gasteiger partial charge in [-0.15, -0.1) is 0 Å². The molecule has 1 aromatic heterocycles. The topological polar surface area (TPSA) is 103 Å². The van der Waals surface area contributed by atoms with E-state index >= 15 is 0 Å². The summed E-state index contributed by atoms with van der Waals surface area (Å²) < 4.78 is 6.02. The number of hydrogen-bond acceptors (Lipinski definition) is 6. The van der Waals surface area contributed by atoms with Crippen molar-refractivity contribution >= 4 is 28.6 Å². The van der Waals surface area contributed by atoms with Crippen LogP contribution in [0.4, 0.5) is 10.5 Å². The summed E-state index contributed by atoms with van der Waals surface area (Å²) in [7, 11) is 0. The van der Waals surface area contributed by atoms with Crippen molar-refractivity contribution in [1.29, 1.82) is 0 Å². The Balaban J connectivity index is 1.11. The highest BCUT2D eigenvalue weighted by molar-refractivity contribution is 5.92. The van der Waals surface area contributed by atoms with Crippen molar-refractivity contribution in [2.45, 2.75) is 83.0 Å². The van der Waals surface area contributed by atoms with Gasteiger partial charge in [-0.2, -0.15) is 5.10 Å². The number of amides is 2. The van der Waals surface area contributed by atoms with Crippen LogP contribution in [0, 0.1) is 6.92 Å². The molecule has 0 spiro atoms. The maximum absolute atomic E-state index is 13.5. The van der Waals surface area contributed by atoms with E-state index in [2.05, 4.69) is 57.4 Å². The first-order valence-corrected chi connectivity index (χ1v) is 14.9. The number of H-pyrrole nitrogens is 1. The van der Waals surface area contributed by atoms with Crippen molar-refractivity contribution in [2.24, 2.45) is 0 Å². The van der Waals surface area contributed by atoms with Crippen LogP contribution in [0.1, 0.15) is 61.6 Å². The molecule has 3 N–H and O–H groups in total. The Morgan fingerprint density at radius 3 is 2.73 bits per heavy atom. The fourth-order valence-corrected chi connectivity index (χ4v) is 6.55. The van der Waals surface area contributed by atoms with Gasteiger partial charge in [0.25, 0.3) is 0 Å². The quantitative estimate of drug-likeness (QED) is 0.329. The molecular formula is C32H40N6O3. The summed E-state index contributed by atoms with van der Waals surface area (Å²) in [4.78, 5) is 30.5. The summed E-state index contributed by atoms with van der Waals surface area (Å²) in [5, 5.41) is 14.7. The monoisotopic (exact) mass is 556 g/mol. The molecule has 2 aromatic carbocycles. The third-order valence-corrected chi connectivity index (χ3v) is 8.85. The zero-order valence-electron chi connectivity index (χ0n) is 23.8. The van der Waals surface area contributed by atoms with Crippen molar-refractivity contribution < 1.29 is 14.3 Å². The lowest BCUT2D eigenvalue weighted by Crippen LogP contribution is -2.52. The number of nitrogens with zero attached hydrogens (tertiary/aromatic N) is 3. The predicted octanol–water partition coefficient (Wildman–Crippen LogP) is 5.23. The average Bonchev–Trinajstić information content (AvgIpc) is 3.46. The number of ether oxygens (including phenoxy) is 1. The number of aryl methyl sites for hydroxylation is 1. The molecule has 1 aliphatic carbocycles. The highest BCUT2D eigenvalue weighted by Gasteiger charge is 2.33. The lowest BCUT2D eigenvalue weighted by Gasteiger charge is -2.42. The molecule has 2 aliphatic heterocycles. The number of nitrogens with one attached hydrogen (secondary N) is 3. The molecule has 1 atom stereocenters. The van der Waals surface area contributed by atoms with E-state index in [-0.39, 0.29) is 24.1 Å². The van der Waals surface area contributed by atoms with Crippen molar-refractivity contribution in [3.63, 3.8) is 0 Å². The number of hydrogen-bond donors (Lipinski definition) is 3. The van der Waals surface area contributed by atoms with Crippen LogP contribution in [0.3, 0.4) is 0 Å². The van der Waals surface area contributed by atoms with Crippen molar-refractivity contribution in [3.05, 3.63) is 71.7 Å². The number of fused-ring (bicyclic) bond motifs is 2. The third kappa shape index (κ3) is 6.04. The van der Waals surface area contributed by atoms with E-state index in [1.165, 1.54) is 6.42 Å². The fourth-order valence-electron chi connectivity index (χ4n) is 6.55. The van der Waals surface area contributed by atoms with Crippen LogP contribution in [-0.2, 0) is 22.5 Å². The number of piperidine rings is 1. The summed E-state index contributed by atoms with van der Waals surface area (Å²) in [5.41, 5.74) is 5.21. The van der Waals surface area contributed by atoms with Gasteiger partial charge in [0.15, 0.2) is 0 Å². The van der Waals surface area contributed by atoms with Gasteiger partial charge in [-0.25, -0.2) is 9.59 Å². The standard InChI is InChI=1S/C32H40N6O3/c1-21-16-23(17-25-19-33-36-30(21)25)18-29(31(39)41-27-9-4-3-5-10-27)34-22(2)37-14-12-26(13-15-37)38-20-24-8-6-7-11-28(24)35-32(38)40/h6-8,11,16-17,19,26-27,29,34H,2-5,9-10,12-15,18,20H2,1H3,(H,33,36)(H,35,40). The van der Waals surface area contributed by atoms with Gasteiger partial charge < -0.3 is 25.2 Å². The molecule has 6 rings (SSSR count). The van der Waals surface area contributed by atoms with Gasteiger partial charge >= 0.3 is 12.0 Å². The van der Waals surface area contributed by atoms with E-state index in [4.69, 9.17) is 4.74 Å². The van der Waals surface area contributed by atoms with E-state index in [0.717, 1.165) is 90.7 Å². The van der Waals surface area contributed by atoms with Gasteiger partial charge in [-0.3, -0.25) is 5.10 Å². The Morgan fingerprint density at radius 2 is 1.93 bits per heavy atom. The molecule has 1 saturated carbocycles. The number of esters is 1. The van der Waals surface area contributed by atoms with Gasteiger partial charge in [-0.05, 0) is 74.3 Å². The lowest BCUT2D eigenvalue weighted by atomic mass is 9.97. The van der Waals surface area contributed by atoms with Crippen LogP contribution >= 0.6 is 0 Å². The highest BCUT2D eigenvalue weighted by atomic mass is 16.5. The van der Waals surface area contributed by atoms with Crippen LogP contribution in [0.5, 0.6) is 0 Å². The van der Waals surface area contributed by atoms with E-state index in [1.807, 2.05) is 29.3 Å². The average molecular weight is 557 g/mol. The van der Waals surface area contributed by atoms with Gasteiger partial charge in [-0.1, -0.05) is 37.3 Å². The number of para-hydroxylation sites is 1. The Bertz CT molecular complexity index is 1420. The molecule has 3 aliphatic rings. The lowest BCUT2D eigenvalue weighted by molar-refractivity contribution is -0.153. The van der Waals surface area contributed by atoms with Gasteiger partial charge in [0.05, 0.1) is 17.5 Å². The first-order chi connectivity index (χ1) is 19.9. The zero-order valence-corrected chi connectivity index (χ0v) is 23.8. The molecule has 1 unspecified atom stereocenters. The summed E-state index contributed by atoms with van der Waals surface area (Å²) in [6.07, 6.45) is 9.26. The molecule has 216 valence electrons. The van der Waals surface area contributed by atoms with Crippen LogP contribution in [-0.4, -0.2) is 63.3 Å². The zero-order chi connectivity index (χ0) is 28.3. The number of aromatic nitrogens is 2. The Labute approximate surface area is 241 Å². The number of urea groups is 1. The molecule has 9 heteroatoms. The minimum atomic E-state index is -0.546. The van der Waals surface area contributed by atoms with E-state index in [1.54, 1.807) is 0 Å². The highest BCUT2D eigenvalue weighted by Crippen LogP contribution is 2.28. The fraction of sp³-hybridized carbons (Fsp3) is 0.469. The summed E-state index contributed by atoms with van der Waals surface area (Å²) >= 11 is 0. The molecular weight excluding hydrogens is 516 g/mol. The Hall–Kier alpha value is -4.01. The second-order valence-corrected chi connectivity index (χ2v) is 11.7. The number of likely N-dealkylation sites (tertiary alicyclic amines) is 1. The normalized spacial score (nSPS) is 19.0. The smallest absolute Gasteiger partial charge is 0.329 e. The van der Waals surface area contributed by atoms with Crippen LogP contribution in [0.15, 0.2) is 55.0 Å². The maximum atomic E-state index is 13.5. The number of carbonyl (C=O) groups excluding carboxylic acids is 2. The Kier molecular flexibility index (Phi) is 7.85. The Morgan fingerprint density at radius 1 is 1.15 bits per heavy atom. The summed E-state index contributed by atoms with van der Waals surface area (Å²) in [5.74, 6) is 0.505.